The fourth-order valence-corrected chi connectivity index (χ4v) is 2.60. The number of amides is 1. The molecular formula is C23H31NO3. The third-order valence-electron chi connectivity index (χ3n) is 4.40. The van der Waals surface area contributed by atoms with Crippen molar-refractivity contribution in [3.8, 4) is 11.5 Å². The summed E-state index contributed by atoms with van der Waals surface area (Å²) in [6.07, 6.45) is 0.446. The summed E-state index contributed by atoms with van der Waals surface area (Å²) >= 11 is 0. The van der Waals surface area contributed by atoms with Crippen LogP contribution in [-0.4, -0.2) is 25.2 Å². The lowest BCUT2D eigenvalue weighted by atomic mass is 9.87. The number of carbonyl (C=O) groups excluding carboxylic acids is 1. The molecule has 146 valence electrons. The molecule has 0 bridgehead atoms. The number of hydrogen-bond donors (Lipinski definition) is 1. The molecule has 2 rings (SSSR count). The van der Waals surface area contributed by atoms with E-state index in [2.05, 4.69) is 45.1 Å². The van der Waals surface area contributed by atoms with E-state index < -0.39 is 6.10 Å². The molecule has 1 atom stereocenters. The van der Waals surface area contributed by atoms with Crippen LogP contribution >= 0.6 is 0 Å². The molecular weight excluding hydrogens is 338 g/mol. The van der Waals surface area contributed by atoms with E-state index in [1.54, 1.807) is 6.92 Å². The Morgan fingerprint density at radius 1 is 1.00 bits per heavy atom. The first-order valence-corrected chi connectivity index (χ1v) is 9.56. The first-order valence-electron chi connectivity index (χ1n) is 9.56. The van der Waals surface area contributed by atoms with E-state index in [9.17, 15) is 4.79 Å². The molecule has 0 saturated heterocycles. The molecule has 2 aromatic carbocycles. The minimum absolute atomic E-state index is 0.0956. The summed E-state index contributed by atoms with van der Waals surface area (Å²) in [7, 11) is 0. The molecule has 0 heterocycles. The lowest BCUT2D eigenvalue weighted by Crippen LogP contribution is -2.38. The molecule has 1 N–H and O–H groups in total. The van der Waals surface area contributed by atoms with Crippen LogP contribution in [0, 0.1) is 0 Å². The molecule has 2 aromatic rings. The Morgan fingerprint density at radius 3 is 2.15 bits per heavy atom. The summed E-state index contributed by atoms with van der Waals surface area (Å²) in [6.45, 7) is 11.2. The van der Waals surface area contributed by atoms with Crippen LogP contribution in [0.25, 0.3) is 0 Å². The fraction of sp³-hybridized carbons (Fsp3) is 0.435. The number of aryl methyl sites for hydroxylation is 1. The second kappa shape index (κ2) is 9.45. The SMILES string of the molecule is CCc1ccc(OCCNC(=O)[C@H](C)Oc2ccc(C(C)(C)C)cc2)cc1. The first kappa shape index (κ1) is 20.8. The van der Waals surface area contributed by atoms with Gasteiger partial charge in [-0.25, -0.2) is 0 Å². The van der Waals surface area contributed by atoms with Crippen LogP contribution in [-0.2, 0) is 16.6 Å². The molecule has 4 nitrogen and oxygen atoms in total. The van der Waals surface area contributed by atoms with Gasteiger partial charge in [-0.05, 0) is 54.2 Å². The van der Waals surface area contributed by atoms with Gasteiger partial charge >= 0.3 is 0 Å². The van der Waals surface area contributed by atoms with Crippen LogP contribution < -0.4 is 14.8 Å². The van der Waals surface area contributed by atoms with Crippen LogP contribution in [0.3, 0.4) is 0 Å². The predicted octanol–water partition coefficient (Wildman–Crippen LogP) is 4.51. The number of rotatable bonds is 8. The molecule has 0 aliphatic heterocycles. The van der Waals surface area contributed by atoms with Crippen LogP contribution in [0.5, 0.6) is 11.5 Å². The zero-order chi connectivity index (χ0) is 19.9. The van der Waals surface area contributed by atoms with E-state index >= 15 is 0 Å². The molecule has 0 saturated carbocycles. The monoisotopic (exact) mass is 369 g/mol. The van der Waals surface area contributed by atoms with Crippen molar-refractivity contribution >= 4 is 5.91 Å². The molecule has 0 fully saturated rings. The van der Waals surface area contributed by atoms with Crippen LogP contribution in [0.4, 0.5) is 0 Å². The van der Waals surface area contributed by atoms with Gasteiger partial charge < -0.3 is 14.8 Å². The summed E-state index contributed by atoms with van der Waals surface area (Å²) in [5.41, 5.74) is 2.60. The Bertz CT molecular complexity index is 715. The third kappa shape index (κ3) is 6.63. The average Bonchev–Trinajstić information content (AvgIpc) is 2.65. The second-order valence-electron chi connectivity index (χ2n) is 7.67. The quantitative estimate of drug-likeness (QED) is 0.697. The van der Waals surface area contributed by atoms with E-state index in [0.717, 1.165) is 12.2 Å². The largest absolute Gasteiger partial charge is 0.492 e. The Balaban J connectivity index is 1.73. The average molecular weight is 370 g/mol. The number of ether oxygens (including phenoxy) is 2. The van der Waals surface area contributed by atoms with E-state index in [1.807, 2.05) is 36.4 Å². The molecule has 0 aromatic heterocycles. The maximum atomic E-state index is 12.2. The maximum Gasteiger partial charge on any atom is 0.260 e. The van der Waals surface area contributed by atoms with Gasteiger partial charge in [-0.15, -0.1) is 0 Å². The highest BCUT2D eigenvalue weighted by molar-refractivity contribution is 5.80. The Morgan fingerprint density at radius 2 is 1.59 bits per heavy atom. The van der Waals surface area contributed by atoms with Gasteiger partial charge in [-0.3, -0.25) is 4.79 Å². The molecule has 0 radical (unpaired) electrons. The van der Waals surface area contributed by atoms with Gasteiger partial charge in [0.05, 0.1) is 6.54 Å². The lowest BCUT2D eigenvalue weighted by molar-refractivity contribution is -0.127. The lowest BCUT2D eigenvalue weighted by Gasteiger charge is -2.20. The number of benzene rings is 2. The predicted molar refractivity (Wildman–Crippen MR) is 110 cm³/mol. The van der Waals surface area contributed by atoms with Gasteiger partial charge in [0, 0.05) is 0 Å². The number of carbonyl (C=O) groups is 1. The first-order chi connectivity index (χ1) is 12.8. The number of nitrogens with one attached hydrogen (secondary N) is 1. The summed E-state index contributed by atoms with van der Waals surface area (Å²) in [5.74, 6) is 1.35. The normalized spacial score (nSPS) is 12.3. The van der Waals surface area contributed by atoms with Crippen molar-refractivity contribution in [2.24, 2.45) is 0 Å². The molecule has 27 heavy (non-hydrogen) atoms. The van der Waals surface area contributed by atoms with E-state index in [1.165, 1.54) is 11.1 Å². The topological polar surface area (TPSA) is 47.6 Å². The fourth-order valence-electron chi connectivity index (χ4n) is 2.60. The molecule has 0 unspecified atom stereocenters. The third-order valence-corrected chi connectivity index (χ3v) is 4.40. The zero-order valence-electron chi connectivity index (χ0n) is 17.0. The van der Waals surface area contributed by atoms with E-state index in [4.69, 9.17) is 9.47 Å². The van der Waals surface area contributed by atoms with Crippen molar-refractivity contribution in [2.45, 2.75) is 52.6 Å². The van der Waals surface area contributed by atoms with E-state index in [-0.39, 0.29) is 11.3 Å². The van der Waals surface area contributed by atoms with Crippen molar-refractivity contribution in [1.29, 1.82) is 0 Å². The van der Waals surface area contributed by atoms with Crippen molar-refractivity contribution in [3.05, 3.63) is 59.7 Å². The van der Waals surface area contributed by atoms with Gasteiger partial charge in [0.2, 0.25) is 0 Å². The highest BCUT2D eigenvalue weighted by atomic mass is 16.5. The molecule has 4 heteroatoms. The molecule has 0 spiro atoms. The van der Waals surface area contributed by atoms with Gasteiger partial charge in [-0.1, -0.05) is 52.0 Å². The molecule has 0 aliphatic rings. The zero-order valence-corrected chi connectivity index (χ0v) is 17.0. The maximum absolute atomic E-state index is 12.2. The summed E-state index contributed by atoms with van der Waals surface area (Å²) < 4.78 is 11.4. The van der Waals surface area contributed by atoms with Crippen molar-refractivity contribution < 1.29 is 14.3 Å². The highest BCUT2D eigenvalue weighted by Crippen LogP contribution is 2.24. The Hall–Kier alpha value is -2.49. The summed E-state index contributed by atoms with van der Waals surface area (Å²) in [5, 5.41) is 2.84. The van der Waals surface area contributed by atoms with Crippen LogP contribution in [0.2, 0.25) is 0 Å². The standard InChI is InChI=1S/C23H31NO3/c1-6-18-7-11-20(12-8-18)26-16-15-24-22(25)17(2)27-21-13-9-19(10-14-21)23(3,4)5/h7-14,17H,6,15-16H2,1-5H3,(H,24,25)/t17-/m0/s1. The summed E-state index contributed by atoms with van der Waals surface area (Å²) in [4.78, 5) is 12.2. The smallest absolute Gasteiger partial charge is 0.260 e. The van der Waals surface area contributed by atoms with Crippen molar-refractivity contribution in [3.63, 3.8) is 0 Å². The molecule has 0 aliphatic carbocycles. The van der Waals surface area contributed by atoms with Crippen LogP contribution in [0.1, 0.15) is 45.7 Å². The minimum atomic E-state index is -0.561. The van der Waals surface area contributed by atoms with Crippen molar-refractivity contribution in [2.75, 3.05) is 13.2 Å². The second-order valence-corrected chi connectivity index (χ2v) is 7.67. The minimum Gasteiger partial charge on any atom is -0.492 e. The number of hydrogen-bond acceptors (Lipinski definition) is 3. The van der Waals surface area contributed by atoms with E-state index in [0.29, 0.717) is 18.9 Å². The van der Waals surface area contributed by atoms with Gasteiger partial charge in [0.25, 0.3) is 5.91 Å². The van der Waals surface area contributed by atoms with Crippen molar-refractivity contribution in [1.82, 2.24) is 5.32 Å². The Labute approximate surface area is 162 Å². The van der Waals surface area contributed by atoms with Crippen LogP contribution in [0.15, 0.2) is 48.5 Å². The summed E-state index contributed by atoms with van der Waals surface area (Å²) in [6, 6.07) is 15.9. The van der Waals surface area contributed by atoms with Gasteiger partial charge in [0.1, 0.15) is 18.1 Å². The van der Waals surface area contributed by atoms with Gasteiger partial charge in [-0.2, -0.15) is 0 Å². The Kier molecular flexibility index (Phi) is 7.28. The van der Waals surface area contributed by atoms with Gasteiger partial charge in [0.15, 0.2) is 6.10 Å². The highest BCUT2D eigenvalue weighted by Gasteiger charge is 2.16. The molecule has 1 amide bonds.